The number of aromatic nitrogens is 3. The summed E-state index contributed by atoms with van der Waals surface area (Å²) in [5.74, 6) is -0.334. The summed E-state index contributed by atoms with van der Waals surface area (Å²) in [6, 6.07) is 3.14. The van der Waals surface area contributed by atoms with Crippen LogP contribution in [0.3, 0.4) is 0 Å². The van der Waals surface area contributed by atoms with Crippen LogP contribution in [0.4, 0.5) is 5.69 Å². The highest BCUT2D eigenvalue weighted by Crippen LogP contribution is 2.24. The number of carbonyl (C=O) groups is 1. The van der Waals surface area contributed by atoms with Gasteiger partial charge in [0.1, 0.15) is 5.39 Å². The van der Waals surface area contributed by atoms with E-state index in [-0.39, 0.29) is 16.8 Å². The number of hydrogen-bond acceptors (Lipinski definition) is 5. The number of carbonyl (C=O) groups excluding carboxylic acids is 1. The maximum Gasteiger partial charge on any atom is 0.332 e. The summed E-state index contributed by atoms with van der Waals surface area (Å²) in [4.78, 5) is 41.5. The van der Waals surface area contributed by atoms with Gasteiger partial charge in [-0.1, -0.05) is 13.3 Å². The van der Waals surface area contributed by atoms with Crippen LogP contribution >= 0.6 is 0 Å². The number of fused-ring (bicyclic) bond motifs is 1. The minimum atomic E-state index is -0.502. The normalized spacial score (nSPS) is 11.0. The minimum absolute atomic E-state index is 0.133. The average Bonchev–Trinajstić information content (AvgIpc) is 3.14. The predicted octanol–water partition coefficient (Wildman–Crippen LogP) is 1.43. The summed E-state index contributed by atoms with van der Waals surface area (Å²) in [6.45, 7) is 1.99. The number of nitrogens with zero attached hydrogens (tertiary/aromatic N) is 3. The van der Waals surface area contributed by atoms with E-state index in [0.717, 1.165) is 16.6 Å². The van der Waals surface area contributed by atoms with Crippen molar-refractivity contribution in [2.45, 2.75) is 19.8 Å². The van der Waals surface area contributed by atoms with Crippen LogP contribution < -0.4 is 16.6 Å². The van der Waals surface area contributed by atoms with E-state index in [4.69, 9.17) is 4.42 Å². The molecule has 3 rings (SSSR count). The molecule has 3 aromatic heterocycles. The van der Waals surface area contributed by atoms with Crippen LogP contribution in [0.25, 0.3) is 11.0 Å². The van der Waals surface area contributed by atoms with E-state index in [0.29, 0.717) is 12.1 Å². The highest BCUT2D eigenvalue weighted by Gasteiger charge is 2.20. The monoisotopic (exact) mass is 342 g/mol. The number of aryl methyl sites for hydroxylation is 2. The number of pyridine rings is 1. The fourth-order valence-corrected chi connectivity index (χ4v) is 2.75. The Morgan fingerprint density at radius 2 is 2.04 bits per heavy atom. The minimum Gasteiger partial charge on any atom is -0.459 e. The van der Waals surface area contributed by atoms with Gasteiger partial charge in [0.05, 0.1) is 12.0 Å². The smallest absolute Gasteiger partial charge is 0.332 e. The van der Waals surface area contributed by atoms with Crippen molar-refractivity contribution >= 4 is 22.6 Å². The molecular formula is C17H18N4O4. The molecule has 0 saturated carbocycles. The fraction of sp³-hybridized carbons (Fsp3) is 0.294. The topological polar surface area (TPSA) is 99.1 Å². The van der Waals surface area contributed by atoms with E-state index in [1.54, 1.807) is 12.3 Å². The molecule has 0 aliphatic heterocycles. The van der Waals surface area contributed by atoms with Crippen LogP contribution in [0.5, 0.6) is 0 Å². The summed E-state index contributed by atoms with van der Waals surface area (Å²) >= 11 is 0. The summed E-state index contributed by atoms with van der Waals surface area (Å²) in [5, 5.41) is 2.96. The predicted molar refractivity (Wildman–Crippen MR) is 92.9 cm³/mol. The lowest BCUT2D eigenvalue weighted by molar-refractivity contribution is 0.0996. The average molecular weight is 342 g/mol. The second kappa shape index (κ2) is 6.39. The van der Waals surface area contributed by atoms with Gasteiger partial charge < -0.3 is 9.73 Å². The number of nitrogens with one attached hydrogen (secondary N) is 1. The molecule has 8 heteroatoms. The third-order valence-electron chi connectivity index (χ3n) is 4.05. The number of rotatable bonds is 4. The first-order valence-electron chi connectivity index (χ1n) is 7.88. The van der Waals surface area contributed by atoms with Crippen molar-refractivity contribution < 1.29 is 9.21 Å². The zero-order valence-electron chi connectivity index (χ0n) is 14.2. The van der Waals surface area contributed by atoms with Gasteiger partial charge in [-0.15, -0.1) is 0 Å². The third-order valence-corrected chi connectivity index (χ3v) is 4.05. The summed E-state index contributed by atoms with van der Waals surface area (Å²) < 4.78 is 7.40. The van der Waals surface area contributed by atoms with Gasteiger partial charge in [-0.3, -0.25) is 18.7 Å². The van der Waals surface area contributed by atoms with Gasteiger partial charge in [0.2, 0.25) is 0 Å². The molecule has 0 saturated heterocycles. The summed E-state index contributed by atoms with van der Waals surface area (Å²) in [5.41, 5.74) is 0.340. The van der Waals surface area contributed by atoms with Gasteiger partial charge in [0, 0.05) is 20.3 Å². The van der Waals surface area contributed by atoms with Gasteiger partial charge in [-0.05, 0) is 24.1 Å². The Morgan fingerprint density at radius 1 is 1.28 bits per heavy atom. The second-order valence-electron chi connectivity index (χ2n) is 5.74. The lowest BCUT2D eigenvalue weighted by atomic mass is 10.1. The highest BCUT2D eigenvalue weighted by atomic mass is 16.3. The maximum absolute atomic E-state index is 12.7. The first-order valence-corrected chi connectivity index (χ1v) is 7.88. The fourth-order valence-electron chi connectivity index (χ4n) is 2.75. The number of hydrogen-bond donors (Lipinski definition) is 1. The zero-order chi connectivity index (χ0) is 18.1. The molecule has 0 bridgehead atoms. The molecule has 0 atom stereocenters. The molecular weight excluding hydrogens is 324 g/mol. The van der Waals surface area contributed by atoms with Crippen LogP contribution in [0.2, 0.25) is 0 Å². The van der Waals surface area contributed by atoms with Crippen LogP contribution in [0, 0.1) is 0 Å². The molecule has 3 heterocycles. The van der Waals surface area contributed by atoms with Gasteiger partial charge in [-0.2, -0.15) is 0 Å². The van der Waals surface area contributed by atoms with Crippen molar-refractivity contribution in [2.75, 3.05) is 5.32 Å². The maximum atomic E-state index is 12.7. The molecule has 8 nitrogen and oxygen atoms in total. The Labute approximate surface area is 142 Å². The second-order valence-corrected chi connectivity index (χ2v) is 5.74. The van der Waals surface area contributed by atoms with Crippen molar-refractivity contribution in [1.82, 2.24) is 14.1 Å². The third kappa shape index (κ3) is 2.75. The Bertz CT molecular complexity index is 1060. The zero-order valence-corrected chi connectivity index (χ0v) is 14.2. The molecule has 0 radical (unpaired) electrons. The first-order chi connectivity index (χ1) is 12.0. The van der Waals surface area contributed by atoms with Crippen LogP contribution in [-0.2, 0) is 20.5 Å². The van der Waals surface area contributed by atoms with Gasteiger partial charge >= 0.3 is 5.69 Å². The molecule has 1 amide bonds. The molecule has 1 N–H and O–H groups in total. The molecule has 0 spiro atoms. The van der Waals surface area contributed by atoms with Gasteiger partial charge in [-0.25, -0.2) is 9.78 Å². The summed E-state index contributed by atoms with van der Waals surface area (Å²) in [7, 11) is 2.93. The number of amides is 1. The Hall–Kier alpha value is -3.16. The van der Waals surface area contributed by atoms with E-state index in [1.807, 2.05) is 6.92 Å². The van der Waals surface area contributed by atoms with Gasteiger partial charge in [0.15, 0.2) is 11.4 Å². The standard InChI is InChI=1S/C17H18N4O4/c1-4-6-10-9-18-14-12(16(23)21(3)17(24)20(14)2)13(10)19-15(22)11-7-5-8-25-11/h5,7-9H,4,6H2,1-3H3,(H,18,19,22). The van der Waals surface area contributed by atoms with Crippen LogP contribution in [0.15, 0.2) is 38.6 Å². The van der Waals surface area contributed by atoms with Gasteiger partial charge in [0.25, 0.3) is 11.5 Å². The molecule has 0 aromatic carbocycles. The van der Waals surface area contributed by atoms with Crippen molar-refractivity contribution in [1.29, 1.82) is 0 Å². The Morgan fingerprint density at radius 3 is 2.68 bits per heavy atom. The lowest BCUT2D eigenvalue weighted by Crippen LogP contribution is -2.38. The van der Waals surface area contributed by atoms with E-state index < -0.39 is 17.2 Å². The molecule has 0 fully saturated rings. The van der Waals surface area contributed by atoms with Crippen molar-refractivity contribution in [3.05, 3.63) is 56.8 Å². The van der Waals surface area contributed by atoms with Crippen molar-refractivity contribution in [2.24, 2.45) is 14.1 Å². The van der Waals surface area contributed by atoms with E-state index >= 15 is 0 Å². The molecule has 25 heavy (non-hydrogen) atoms. The van der Waals surface area contributed by atoms with Crippen molar-refractivity contribution in [3.8, 4) is 0 Å². The summed E-state index contributed by atoms with van der Waals surface area (Å²) in [6.07, 6.45) is 4.42. The number of anilines is 1. The van der Waals surface area contributed by atoms with Crippen molar-refractivity contribution in [3.63, 3.8) is 0 Å². The number of furan rings is 1. The SMILES string of the molecule is CCCc1cnc2c(c1NC(=O)c1ccco1)c(=O)n(C)c(=O)n2C. The molecule has 0 unspecified atom stereocenters. The van der Waals surface area contributed by atoms with E-state index in [1.165, 1.54) is 31.0 Å². The molecule has 130 valence electrons. The lowest BCUT2D eigenvalue weighted by Gasteiger charge is -2.14. The largest absolute Gasteiger partial charge is 0.459 e. The Balaban J connectivity index is 2.30. The van der Waals surface area contributed by atoms with E-state index in [2.05, 4.69) is 10.3 Å². The quantitative estimate of drug-likeness (QED) is 0.773. The highest BCUT2D eigenvalue weighted by molar-refractivity contribution is 6.07. The molecule has 3 aromatic rings. The first kappa shape index (κ1) is 16.7. The Kier molecular flexibility index (Phi) is 4.26. The molecule has 0 aliphatic rings. The van der Waals surface area contributed by atoms with Crippen LogP contribution in [0.1, 0.15) is 29.5 Å². The molecule has 0 aliphatic carbocycles. The van der Waals surface area contributed by atoms with Crippen LogP contribution in [-0.4, -0.2) is 20.0 Å². The van der Waals surface area contributed by atoms with E-state index in [9.17, 15) is 14.4 Å².